The van der Waals surface area contributed by atoms with Crippen LogP contribution in [0.15, 0.2) is 11.3 Å². The number of alkyl halides is 1. The van der Waals surface area contributed by atoms with E-state index in [9.17, 15) is 14.7 Å². The van der Waals surface area contributed by atoms with Crippen LogP contribution >= 0.6 is 15.9 Å². The van der Waals surface area contributed by atoms with E-state index >= 15 is 0 Å². The summed E-state index contributed by atoms with van der Waals surface area (Å²) >= 11 is 3.24. The van der Waals surface area contributed by atoms with Crippen LogP contribution in [-0.2, 0) is 9.59 Å². The molecule has 1 heterocycles. The quantitative estimate of drug-likeness (QED) is 0.796. The molecule has 0 aromatic heterocycles. The first kappa shape index (κ1) is 12.6. The number of carboxylic acids is 1. The molecule has 4 nitrogen and oxygen atoms in total. The molecule has 0 bridgehead atoms. The van der Waals surface area contributed by atoms with Crippen LogP contribution in [0, 0.1) is 0 Å². The Kier molecular flexibility index (Phi) is 3.56. The zero-order valence-corrected chi connectivity index (χ0v) is 11.4. The van der Waals surface area contributed by atoms with Crippen molar-refractivity contribution >= 4 is 27.8 Å². The van der Waals surface area contributed by atoms with Gasteiger partial charge in [0.25, 0.3) is 0 Å². The Morgan fingerprint density at radius 1 is 1.41 bits per heavy atom. The van der Waals surface area contributed by atoms with Gasteiger partial charge in [-0.25, -0.2) is 4.79 Å². The fraction of sp³-hybridized carbons (Fsp3) is 0.667. The number of halogens is 1. The maximum Gasteiger partial charge on any atom is 0.327 e. The molecular formula is C12H16BrNO3. The van der Waals surface area contributed by atoms with Gasteiger partial charge in [0.1, 0.15) is 6.04 Å². The van der Waals surface area contributed by atoms with Crippen molar-refractivity contribution in [2.75, 3.05) is 0 Å². The third-order valence-electron chi connectivity index (χ3n) is 3.46. The Hall–Kier alpha value is -0.840. The molecule has 0 radical (unpaired) electrons. The fourth-order valence-corrected chi connectivity index (χ4v) is 2.87. The molecule has 0 spiro atoms. The number of hydrogen-bond donors (Lipinski definition) is 1. The van der Waals surface area contributed by atoms with E-state index < -0.39 is 12.0 Å². The van der Waals surface area contributed by atoms with Gasteiger partial charge in [0.15, 0.2) is 0 Å². The van der Waals surface area contributed by atoms with Gasteiger partial charge in [-0.2, -0.15) is 0 Å². The van der Waals surface area contributed by atoms with Crippen molar-refractivity contribution < 1.29 is 14.7 Å². The van der Waals surface area contributed by atoms with Gasteiger partial charge in [-0.3, -0.25) is 4.79 Å². The van der Waals surface area contributed by atoms with Crippen LogP contribution in [0.2, 0.25) is 0 Å². The maximum absolute atomic E-state index is 12.1. The van der Waals surface area contributed by atoms with Crippen LogP contribution in [-0.4, -0.2) is 32.8 Å². The van der Waals surface area contributed by atoms with Crippen LogP contribution in [0.1, 0.15) is 39.0 Å². The van der Waals surface area contributed by atoms with E-state index in [2.05, 4.69) is 15.9 Å². The van der Waals surface area contributed by atoms with Crippen LogP contribution in [0.3, 0.4) is 0 Å². The Morgan fingerprint density at radius 2 is 2.06 bits per heavy atom. The number of aliphatic carboxylic acids is 1. The second-order valence-corrected chi connectivity index (χ2v) is 6.01. The van der Waals surface area contributed by atoms with Crippen molar-refractivity contribution in [2.24, 2.45) is 0 Å². The molecule has 0 saturated heterocycles. The SMILES string of the molecule is C[C@@H](Br)C(=O)N1C2=C(CCCC2)CC1C(=O)O. The van der Waals surface area contributed by atoms with Gasteiger partial charge in [-0.05, 0) is 38.2 Å². The highest BCUT2D eigenvalue weighted by Gasteiger charge is 2.41. The van der Waals surface area contributed by atoms with E-state index in [0.717, 1.165) is 31.4 Å². The topological polar surface area (TPSA) is 57.6 Å². The maximum atomic E-state index is 12.1. The van der Waals surface area contributed by atoms with E-state index in [1.54, 1.807) is 6.92 Å². The minimum atomic E-state index is -0.902. The van der Waals surface area contributed by atoms with Crippen molar-refractivity contribution in [1.29, 1.82) is 0 Å². The lowest BCUT2D eigenvalue weighted by atomic mass is 9.96. The highest BCUT2D eigenvalue weighted by atomic mass is 79.9. The first-order valence-electron chi connectivity index (χ1n) is 5.93. The molecule has 2 atom stereocenters. The van der Waals surface area contributed by atoms with Gasteiger partial charge in [-0.1, -0.05) is 15.9 Å². The van der Waals surface area contributed by atoms with Crippen LogP contribution < -0.4 is 0 Å². The predicted octanol–water partition coefficient (Wildman–Crippen LogP) is 2.28. The third kappa shape index (κ3) is 2.25. The number of carbonyl (C=O) groups is 2. The summed E-state index contributed by atoms with van der Waals surface area (Å²) in [5.74, 6) is -1.04. The summed E-state index contributed by atoms with van der Waals surface area (Å²) in [5, 5.41) is 9.23. The molecule has 0 aromatic carbocycles. The molecule has 1 aliphatic heterocycles. The van der Waals surface area contributed by atoms with Gasteiger partial charge >= 0.3 is 5.97 Å². The molecule has 2 rings (SSSR count). The summed E-state index contributed by atoms with van der Waals surface area (Å²) in [6.45, 7) is 1.74. The minimum Gasteiger partial charge on any atom is -0.480 e. The lowest BCUT2D eigenvalue weighted by Gasteiger charge is -2.27. The molecule has 5 heteroatoms. The van der Waals surface area contributed by atoms with Crippen molar-refractivity contribution in [3.8, 4) is 0 Å². The molecule has 1 N–H and O–H groups in total. The number of hydrogen-bond acceptors (Lipinski definition) is 2. The smallest absolute Gasteiger partial charge is 0.327 e. The third-order valence-corrected chi connectivity index (χ3v) is 3.85. The lowest BCUT2D eigenvalue weighted by Crippen LogP contribution is -2.43. The Labute approximate surface area is 109 Å². The van der Waals surface area contributed by atoms with Crippen molar-refractivity contribution in [1.82, 2.24) is 4.90 Å². The molecule has 2 aliphatic rings. The van der Waals surface area contributed by atoms with E-state index in [0.29, 0.717) is 6.42 Å². The Balaban J connectivity index is 2.31. The summed E-state index contributed by atoms with van der Waals surface area (Å²) in [7, 11) is 0. The van der Waals surface area contributed by atoms with Gasteiger partial charge in [0.2, 0.25) is 5.91 Å². The fourth-order valence-electron chi connectivity index (χ4n) is 2.65. The van der Waals surface area contributed by atoms with Gasteiger partial charge in [0.05, 0.1) is 4.83 Å². The first-order valence-corrected chi connectivity index (χ1v) is 6.84. The number of carboxylic acid groups (broad SMARTS) is 1. The van der Waals surface area contributed by atoms with Crippen molar-refractivity contribution in [3.05, 3.63) is 11.3 Å². The molecule has 1 aliphatic carbocycles. The highest BCUT2D eigenvalue weighted by Crippen LogP contribution is 2.39. The van der Waals surface area contributed by atoms with E-state index in [-0.39, 0.29) is 10.7 Å². The minimum absolute atomic E-state index is 0.135. The summed E-state index contributed by atoms with van der Waals surface area (Å²) in [4.78, 5) is 24.5. The zero-order chi connectivity index (χ0) is 12.6. The molecule has 1 amide bonds. The molecular weight excluding hydrogens is 286 g/mol. The average Bonchev–Trinajstić information content (AvgIpc) is 2.67. The van der Waals surface area contributed by atoms with Crippen LogP contribution in [0.5, 0.6) is 0 Å². The largest absolute Gasteiger partial charge is 0.480 e. The normalized spacial score (nSPS) is 25.8. The van der Waals surface area contributed by atoms with Gasteiger partial charge < -0.3 is 10.0 Å². The van der Waals surface area contributed by atoms with Crippen molar-refractivity contribution in [2.45, 2.75) is 49.9 Å². The number of carbonyl (C=O) groups excluding carboxylic acids is 1. The zero-order valence-electron chi connectivity index (χ0n) is 9.78. The molecule has 0 aromatic rings. The summed E-state index contributed by atoms with van der Waals surface area (Å²) in [6.07, 6.45) is 4.45. The summed E-state index contributed by atoms with van der Waals surface area (Å²) in [5.41, 5.74) is 2.14. The Morgan fingerprint density at radius 3 is 2.65 bits per heavy atom. The van der Waals surface area contributed by atoms with E-state index in [1.165, 1.54) is 10.5 Å². The van der Waals surface area contributed by atoms with Crippen LogP contribution in [0.4, 0.5) is 0 Å². The number of nitrogens with zero attached hydrogens (tertiary/aromatic N) is 1. The number of allylic oxidation sites excluding steroid dienone is 1. The molecule has 0 saturated carbocycles. The predicted molar refractivity (Wildman–Crippen MR) is 66.8 cm³/mol. The van der Waals surface area contributed by atoms with Gasteiger partial charge in [-0.15, -0.1) is 0 Å². The molecule has 0 fully saturated rings. The van der Waals surface area contributed by atoms with E-state index in [1.807, 2.05) is 0 Å². The Bertz CT molecular complexity index is 389. The van der Waals surface area contributed by atoms with Gasteiger partial charge in [0, 0.05) is 12.1 Å². The summed E-state index contributed by atoms with van der Waals surface area (Å²) in [6, 6.07) is -0.689. The molecule has 17 heavy (non-hydrogen) atoms. The lowest BCUT2D eigenvalue weighted by molar-refractivity contribution is -0.147. The highest BCUT2D eigenvalue weighted by molar-refractivity contribution is 9.10. The van der Waals surface area contributed by atoms with Crippen LogP contribution in [0.25, 0.3) is 0 Å². The average molecular weight is 302 g/mol. The van der Waals surface area contributed by atoms with Crippen molar-refractivity contribution in [3.63, 3.8) is 0 Å². The molecule has 94 valence electrons. The standard InChI is InChI=1S/C12H16BrNO3/c1-7(13)11(15)14-9-5-3-2-4-8(9)6-10(14)12(16)17/h7,10H,2-6H2,1H3,(H,16,17)/t7-,10?/m1/s1. The van der Waals surface area contributed by atoms with E-state index in [4.69, 9.17) is 0 Å². The second kappa shape index (κ2) is 4.80. The second-order valence-electron chi connectivity index (χ2n) is 4.64. The first-order chi connectivity index (χ1) is 8.02. The molecule has 1 unspecified atom stereocenters. The number of amides is 1. The number of rotatable bonds is 2. The summed E-state index contributed by atoms with van der Waals surface area (Å²) < 4.78 is 0. The monoisotopic (exact) mass is 301 g/mol.